The summed E-state index contributed by atoms with van der Waals surface area (Å²) in [6, 6.07) is 8.81. The number of nitrogens with zero attached hydrogens (tertiary/aromatic N) is 1. The van der Waals surface area contributed by atoms with Crippen molar-refractivity contribution in [2.45, 2.75) is 44.4 Å². The normalized spacial score (nSPS) is 22.6. The van der Waals surface area contributed by atoms with Crippen molar-refractivity contribution >= 4 is 5.97 Å². The van der Waals surface area contributed by atoms with Crippen molar-refractivity contribution in [3.05, 3.63) is 59.7 Å². The Morgan fingerprint density at radius 2 is 2.04 bits per heavy atom. The van der Waals surface area contributed by atoms with Crippen LogP contribution in [-0.2, 0) is 11.2 Å². The highest BCUT2D eigenvalue weighted by Crippen LogP contribution is 2.26. The number of hydrogen-bond acceptors (Lipinski definition) is 3. The van der Waals surface area contributed by atoms with Crippen molar-refractivity contribution in [2.24, 2.45) is 0 Å². The fourth-order valence-corrected chi connectivity index (χ4v) is 2.41. The predicted octanol–water partition coefficient (Wildman–Crippen LogP) is 4.30. The Kier molecular flexibility index (Phi) is 5.70. The van der Waals surface area contributed by atoms with E-state index in [-0.39, 0.29) is 0 Å². The summed E-state index contributed by atoms with van der Waals surface area (Å²) in [6.45, 7) is 2.15. The van der Waals surface area contributed by atoms with Gasteiger partial charge in [-0.1, -0.05) is 44.1 Å². The highest BCUT2D eigenvalue weighted by atomic mass is 19.1. The molecule has 4 heteroatoms. The van der Waals surface area contributed by atoms with E-state index in [2.05, 4.69) is 6.92 Å². The Labute approximate surface area is 136 Å². The zero-order chi connectivity index (χ0) is 16.7. The Bertz CT molecular complexity index is 642. The first-order valence-electron chi connectivity index (χ1n) is 7.85. The van der Waals surface area contributed by atoms with Crippen LogP contribution < -0.4 is 0 Å². The molecular formula is C19H20FNO2. The Morgan fingerprint density at radius 3 is 2.65 bits per heavy atom. The van der Waals surface area contributed by atoms with Crippen LogP contribution in [0.3, 0.4) is 0 Å². The van der Waals surface area contributed by atoms with E-state index in [0.29, 0.717) is 5.56 Å². The number of allylic oxidation sites excluding steroid dienone is 2. The van der Waals surface area contributed by atoms with Gasteiger partial charge in [-0.3, -0.25) is 0 Å². The molecule has 0 bridgehead atoms. The lowest BCUT2D eigenvalue weighted by Crippen LogP contribution is -2.41. The van der Waals surface area contributed by atoms with Gasteiger partial charge in [0.1, 0.15) is 6.07 Å². The van der Waals surface area contributed by atoms with Gasteiger partial charge >= 0.3 is 5.97 Å². The lowest BCUT2D eigenvalue weighted by atomic mass is 9.94. The van der Waals surface area contributed by atoms with Crippen LogP contribution in [0.1, 0.15) is 42.1 Å². The number of halogens is 1. The number of benzene rings is 1. The summed E-state index contributed by atoms with van der Waals surface area (Å²) in [5, 5.41) is 9.22. The molecule has 1 aromatic rings. The third kappa shape index (κ3) is 4.07. The molecule has 1 aliphatic rings. The zero-order valence-electron chi connectivity index (χ0n) is 13.2. The second-order valence-electron chi connectivity index (χ2n) is 5.59. The fraction of sp³-hybridized carbons (Fsp3) is 0.368. The van der Waals surface area contributed by atoms with Gasteiger partial charge in [-0.2, -0.15) is 5.26 Å². The van der Waals surface area contributed by atoms with Crippen molar-refractivity contribution in [2.75, 3.05) is 0 Å². The highest BCUT2D eigenvalue weighted by Gasteiger charge is 2.41. The molecule has 0 saturated heterocycles. The number of unbranched alkanes of at least 4 members (excludes halogenated alkanes) is 2. The average Bonchev–Trinajstić information content (AvgIpc) is 2.58. The fourth-order valence-electron chi connectivity index (χ4n) is 2.41. The highest BCUT2D eigenvalue weighted by molar-refractivity contribution is 5.90. The standard InChI is InChI=1S/C19H20FNO2/c1-2-3-4-7-15-9-11-16(12-10-15)18(22)23-19(14-21)13-6-5-8-17(19)20/h5-6,8-13,17H,2-4,7H2,1H3. The number of esters is 1. The largest absolute Gasteiger partial charge is 0.433 e. The van der Waals surface area contributed by atoms with Gasteiger partial charge in [0.2, 0.25) is 0 Å². The van der Waals surface area contributed by atoms with Crippen molar-refractivity contribution in [1.29, 1.82) is 5.26 Å². The smallest absolute Gasteiger partial charge is 0.340 e. The van der Waals surface area contributed by atoms with E-state index >= 15 is 0 Å². The third-order valence-electron chi connectivity index (χ3n) is 3.84. The van der Waals surface area contributed by atoms with Gasteiger partial charge in [-0.05, 0) is 42.7 Å². The van der Waals surface area contributed by atoms with Gasteiger partial charge in [0, 0.05) is 0 Å². The molecule has 0 fully saturated rings. The molecule has 0 heterocycles. The van der Waals surface area contributed by atoms with E-state index in [1.54, 1.807) is 18.2 Å². The molecule has 2 atom stereocenters. The van der Waals surface area contributed by atoms with Crippen molar-refractivity contribution in [3.8, 4) is 6.07 Å². The second kappa shape index (κ2) is 7.73. The summed E-state index contributed by atoms with van der Waals surface area (Å²) in [5.41, 5.74) is -0.422. The van der Waals surface area contributed by atoms with Crippen molar-refractivity contribution in [3.63, 3.8) is 0 Å². The Balaban J connectivity index is 2.04. The van der Waals surface area contributed by atoms with Crippen molar-refractivity contribution in [1.82, 2.24) is 0 Å². The second-order valence-corrected chi connectivity index (χ2v) is 5.59. The first kappa shape index (κ1) is 17.0. The zero-order valence-corrected chi connectivity index (χ0v) is 13.2. The summed E-state index contributed by atoms with van der Waals surface area (Å²) in [7, 11) is 0. The number of hydrogen-bond donors (Lipinski definition) is 0. The minimum atomic E-state index is -1.88. The van der Waals surface area contributed by atoms with E-state index in [0.717, 1.165) is 24.8 Å². The monoisotopic (exact) mass is 313 g/mol. The lowest BCUT2D eigenvalue weighted by Gasteiger charge is -2.26. The van der Waals surface area contributed by atoms with Crippen LogP contribution in [0.25, 0.3) is 0 Å². The van der Waals surface area contributed by atoms with E-state index < -0.39 is 17.7 Å². The molecule has 2 unspecified atom stereocenters. The molecule has 0 aliphatic heterocycles. The molecule has 0 radical (unpaired) electrons. The van der Waals surface area contributed by atoms with Crippen LogP contribution in [0.4, 0.5) is 4.39 Å². The lowest BCUT2D eigenvalue weighted by molar-refractivity contribution is 0.00294. The van der Waals surface area contributed by atoms with E-state index in [9.17, 15) is 14.4 Å². The summed E-state index contributed by atoms with van der Waals surface area (Å²) in [6.07, 6.45) is 8.20. The van der Waals surface area contributed by atoms with Crippen LogP contribution in [0.15, 0.2) is 48.6 Å². The van der Waals surface area contributed by atoms with Crippen LogP contribution in [0, 0.1) is 11.3 Å². The van der Waals surface area contributed by atoms with Crippen LogP contribution >= 0.6 is 0 Å². The summed E-state index contributed by atoms with van der Waals surface area (Å²) < 4.78 is 19.1. The summed E-state index contributed by atoms with van der Waals surface area (Å²) in [5.74, 6) is -0.700. The maximum atomic E-state index is 14.0. The minimum absolute atomic E-state index is 0.314. The van der Waals surface area contributed by atoms with E-state index in [4.69, 9.17) is 4.74 Å². The van der Waals surface area contributed by atoms with Crippen LogP contribution in [0.2, 0.25) is 0 Å². The van der Waals surface area contributed by atoms with E-state index in [1.165, 1.54) is 30.7 Å². The minimum Gasteiger partial charge on any atom is -0.433 e. The molecule has 3 nitrogen and oxygen atoms in total. The quantitative estimate of drug-likeness (QED) is 0.581. The Hall–Kier alpha value is -2.41. The maximum Gasteiger partial charge on any atom is 0.340 e. The number of aryl methyl sites for hydroxylation is 1. The molecule has 0 spiro atoms. The molecule has 0 N–H and O–H groups in total. The number of carbonyl (C=O) groups is 1. The molecule has 0 aromatic heterocycles. The first-order chi connectivity index (χ1) is 11.1. The number of carbonyl (C=O) groups excluding carboxylic acids is 1. The van der Waals surface area contributed by atoms with Gasteiger partial charge in [-0.15, -0.1) is 0 Å². The van der Waals surface area contributed by atoms with Gasteiger partial charge in [0.05, 0.1) is 5.56 Å². The van der Waals surface area contributed by atoms with Gasteiger partial charge in [0.25, 0.3) is 5.60 Å². The molecule has 1 aliphatic carbocycles. The summed E-state index contributed by atoms with van der Waals surface area (Å²) >= 11 is 0. The van der Waals surface area contributed by atoms with Gasteiger partial charge in [0.15, 0.2) is 6.17 Å². The molecule has 120 valence electrons. The average molecular weight is 313 g/mol. The van der Waals surface area contributed by atoms with Crippen LogP contribution in [-0.4, -0.2) is 17.7 Å². The molecule has 23 heavy (non-hydrogen) atoms. The molecule has 0 amide bonds. The first-order valence-corrected chi connectivity index (χ1v) is 7.85. The number of rotatable bonds is 6. The SMILES string of the molecule is CCCCCc1ccc(C(=O)OC2(C#N)C=CC=CC2F)cc1. The van der Waals surface area contributed by atoms with Gasteiger partial charge in [-0.25, -0.2) is 9.18 Å². The predicted molar refractivity (Wildman–Crippen MR) is 86.6 cm³/mol. The molecule has 2 rings (SSSR count). The van der Waals surface area contributed by atoms with E-state index in [1.807, 2.05) is 12.1 Å². The van der Waals surface area contributed by atoms with Gasteiger partial charge < -0.3 is 4.74 Å². The number of alkyl halides is 1. The topological polar surface area (TPSA) is 50.1 Å². The summed E-state index contributed by atoms with van der Waals surface area (Å²) in [4.78, 5) is 12.2. The number of nitriles is 1. The number of ether oxygens (including phenoxy) is 1. The maximum absolute atomic E-state index is 14.0. The molecule has 1 aromatic carbocycles. The van der Waals surface area contributed by atoms with Crippen molar-refractivity contribution < 1.29 is 13.9 Å². The Morgan fingerprint density at radius 1 is 1.30 bits per heavy atom. The molecule has 0 saturated carbocycles. The van der Waals surface area contributed by atoms with Crippen LogP contribution in [0.5, 0.6) is 0 Å². The molecular weight excluding hydrogens is 293 g/mol. The third-order valence-corrected chi connectivity index (χ3v) is 3.84.